The van der Waals surface area contributed by atoms with Crippen molar-refractivity contribution < 1.29 is 9.53 Å². The number of ether oxygens (including phenoxy) is 1. The summed E-state index contributed by atoms with van der Waals surface area (Å²) in [6.07, 6.45) is 3.03. The van der Waals surface area contributed by atoms with Crippen molar-refractivity contribution >= 4 is 27.9 Å². The van der Waals surface area contributed by atoms with Gasteiger partial charge >= 0.3 is 0 Å². The van der Waals surface area contributed by atoms with Crippen LogP contribution in [0.15, 0.2) is 24.3 Å². The Kier molecular flexibility index (Phi) is 6.96. The molecular formula is C26H34N4O2S. The van der Waals surface area contributed by atoms with Gasteiger partial charge in [0.05, 0.1) is 19.2 Å². The maximum atomic E-state index is 12.8. The van der Waals surface area contributed by atoms with Gasteiger partial charge in [-0.15, -0.1) is 11.3 Å². The molecule has 1 aliphatic heterocycles. The summed E-state index contributed by atoms with van der Waals surface area (Å²) in [6.45, 7) is 10.6. The number of amides is 1. The highest BCUT2D eigenvalue weighted by molar-refractivity contribution is 7.16. The summed E-state index contributed by atoms with van der Waals surface area (Å²) in [6, 6.07) is 10.5. The molecule has 1 aliphatic carbocycles. The second kappa shape index (κ2) is 9.74. The number of nitrogens with zero attached hydrogens (tertiary/aromatic N) is 3. The Hall–Kier alpha value is -2.56. The number of piperazine rings is 1. The summed E-state index contributed by atoms with van der Waals surface area (Å²) < 4.78 is 5.34. The van der Waals surface area contributed by atoms with Gasteiger partial charge in [-0.2, -0.15) is 5.26 Å². The van der Waals surface area contributed by atoms with Gasteiger partial charge < -0.3 is 15.0 Å². The van der Waals surface area contributed by atoms with E-state index in [1.54, 1.807) is 18.4 Å². The van der Waals surface area contributed by atoms with E-state index in [2.05, 4.69) is 54.1 Å². The van der Waals surface area contributed by atoms with Crippen molar-refractivity contribution in [2.45, 2.75) is 40.0 Å². The van der Waals surface area contributed by atoms with E-state index < -0.39 is 0 Å². The Bertz CT molecular complexity index is 1040. The maximum Gasteiger partial charge on any atom is 0.239 e. The number of carbonyl (C=O) groups is 1. The molecule has 4 rings (SSSR count). The molecule has 2 aliphatic rings. The number of anilines is 2. The zero-order valence-electron chi connectivity index (χ0n) is 20.1. The van der Waals surface area contributed by atoms with Crippen LogP contribution < -0.4 is 15.0 Å². The van der Waals surface area contributed by atoms with Crippen LogP contribution in [0.5, 0.6) is 5.75 Å². The van der Waals surface area contributed by atoms with Gasteiger partial charge in [0.1, 0.15) is 16.8 Å². The van der Waals surface area contributed by atoms with E-state index in [0.29, 0.717) is 18.0 Å². The van der Waals surface area contributed by atoms with Crippen LogP contribution in [0.3, 0.4) is 0 Å². The summed E-state index contributed by atoms with van der Waals surface area (Å²) in [4.78, 5) is 18.6. The molecule has 1 saturated heterocycles. The zero-order valence-corrected chi connectivity index (χ0v) is 20.9. The Morgan fingerprint density at radius 1 is 1.27 bits per heavy atom. The predicted molar refractivity (Wildman–Crippen MR) is 134 cm³/mol. The maximum absolute atomic E-state index is 12.8. The molecule has 1 fully saturated rings. The number of carbonyl (C=O) groups excluding carboxylic acids is 1. The molecular weight excluding hydrogens is 432 g/mol. The average molecular weight is 467 g/mol. The standard InChI is InChI=1S/C26H34N4O2S/c1-26(2,3)18-8-9-21-22(16-27)25(33-23(21)14-18)28-24(31)17-29-10-12-30(13-11-29)19-6-5-7-20(15-19)32-4/h5-7,15,18H,8-14,17H2,1-4H3,(H,28,31). The highest BCUT2D eigenvalue weighted by atomic mass is 32.1. The van der Waals surface area contributed by atoms with Crippen LogP contribution in [-0.2, 0) is 17.6 Å². The van der Waals surface area contributed by atoms with E-state index in [-0.39, 0.29) is 11.3 Å². The molecule has 1 amide bonds. The highest BCUT2D eigenvalue weighted by Crippen LogP contribution is 2.44. The lowest BCUT2D eigenvalue weighted by atomic mass is 9.72. The first-order valence-electron chi connectivity index (χ1n) is 11.7. The SMILES string of the molecule is COc1cccc(N2CCN(CC(=O)Nc3sc4c(c3C#N)CCC(C(C)(C)C)C4)CC2)c1. The van der Waals surface area contributed by atoms with Gasteiger partial charge in [0.2, 0.25) is 5.91 Å². The molecule has 2 aromatic rings. The molecule has 0 spiro atoms. The Morgan fingerprint density at radius 3 is 2.70 bits per heavy atom. The van der Waals surface area contributed by atoms with E-state index in [1.807, 2.05) is 12.1 Å². The van der Waals surface area contributed by atoms with Crippen molar-refractivity contribution in [2.24, 2.45) is 11.3 Å². The van der Waals surface area contributed by atoms with Crippen LogP contribution in [0.25, 0.3) is 0 Å². The number of nitriles is 1. The Labute approximate surface area is 201 Å². The molecule has 0 saturated carbocycles. The molecule has 1 aromatic carbocycles. The van der Waals surface area contributed by atoms with Crippen LogP contribution >= 0.6 is 11.3 Å². The largest absolute Gasteiger partial charge is 0.497 e. The number of nitrogens with one attached hydrogen (secondary N) is 1. The molecule has 33 heavy (non-hydrogen) atoms. The molecule has 6 nitrogen and oxygen atoms in total. The average Bonchev–Trinajstić information content (AvgIpc) is 3.15. The molecule has 0 bridgehead atoms. The number of benzene rings is 1. The summed E-state index contributed by atoms with van der Waals surface area (Å²) in [5.41, 5.74) is 3.24. The number of rotatable bonds is 5. The molecule has 176 valence electrons. The fraction of sp³-hybridized carbons (Fsp3) is 0.538. The van der Waals surface area contributed by atoms with Crippen molar-refractivity contribution in [3.05, 3.63) is 40.3 Å². The third-order valence-corrected chi connectivity index (χ3v) is 8.18. The predicted octanol–water partition coefficient (Wildman–Crippen LogP) is 4.54. The van der Waals surface area contributed by atoms with E-state index in [4.69, 9.17) is 4.74 Å². The third-order valence-electron chi connectivity index (χ3n) is 7.01. The van der Waals surface area contributed by atoms with Gasteiger partial charge in [0.25, 0.3) is 0 Å². The first-order valence-corrected chi connectivity index (χ1v) is 12.6. The van der Waals surface area contributed by atoms with Crippen LogP contribution in [-0.4, -0.2) is 50.6 Å². The van der Waals surface area contributed by atoms with Gasteiger partial charge in [-0.3, -0.25) is 9.69 Å². The third kappa shape index (κ3) is 5.34. The minimum Gasteiger partial charge on any atom is -0.497 e. The minimum absolute atomic E-state index is 0.0349. The summed E-state index contributed by atoms with van der Waals surface area (Å²) in [5.74, 6) is 1.43. The van der Waals surface area contributed by atoms with Crippen LogP contribution in [0.1, 0.15) is 43.2 Å². The van der Waals surface area contributed by atoms with Gasteiger partial charge in [0.15, 0.2) is 0 Å². The molecule has 1 atom stereocenters. The quantitative estimate of drug-likeness (QED) is 0.701. The van der Waals surface area contributed by atoms with Gasteiger partial charge in [-0.25, -0.2) is 0 Å². The van der Waals surface area contributed by atoms with Crippen LogP contribution in [0, 0.1) is 22.7 Å². The van der Waals surface area contributed by atoms with Crippen LogP contribution in [0.4, 0.5) is 10.7 Å². The Morgan fingerprint density at radius 2 is 2.03 bits per heavy atom. The number of hydrogen-bond donors (Lipinski definition) is 1. The van der Waals surface area contributed by atoms with Gasteiger partial charge in [-0.1, -0.05) is 26.8 Å². The lowest BCUT2D eigenvalue weighted by Crippen LogP contribution is -2.48. The first kappa shape index (κ1) is 23.6. The monoisotopic (exact) mass is 466 g/mol. The van der Waals surface area contributed by atoms with Gasteiger partial charge in [-0.05, 0) is 48.3 Å². The zero-order chi connectivity index (χ0) is 23.6. The number of thiophene rings is 1. The Balaban J connectivity index is 1.34. The van der Waals surface area contributed by atoms with Crippen molar-refractivity contribution in [1.29, 1.82) is 5.26 Å². The van der Waals surface area contributed by atoms with Crippen molar-refractivity contribution in [2.75, 3.05) is 50.1 Å². The summed E-state index contributed by atoms with van der Waals surface area (Å²) in [5, 5.41) is 13.6. The summed E-state index contributed by atoms with van der Waals surface area (Å²) >= 11 is 1.60. The van der Waals surface area contributed by atoms with Crippen molar-refractivity contribution in [1.82, 2.24) is 4.90 Å². The molecule has 1 N–H and O–H groups in total. The van der Waals surface area contributed by atoms with Gasteiger partial charge in [0, 0.05) is 42.8 Å². The van der Waals surface area contributed by atoms with E-state index in [1.165, 1.54) is 4.88 Å². The molecule has 7 heteroatoms. The van der Waals surface area contributed by atoms with E-state index in [0.717, 1.165) is 67.4 Å². The van der Waals surface area contributed by atoms with E-state index >= 15 is 0 Å². The highest BCUT2D eigenvalue weighted by Gasteiger charge is 2.32. The molecule has 0 radical (unpaired) electrons. The van der Waals surface area contributed by atoms with Crippen molar-refractivity contribution in [3.8, 4) is 11.8 Å². The topological polar surface area (TPSA) is 68.6 Å². The minimum atomic E-state index is -0.0349. The fourth-order valence-electron chi connectivity index (χ4n) is 4.87. The number of fused-ring (bicyclic) bond motifs is 1. The molecule has 2 heterocycles. The first-order chi connectivity index (χ1) is 15.8. The lowest BCUT2D eigenvalue weighted by molar-refractivity contribution is -0.117. The normalized spacial score (nSPS) is 19.0. The number of methoxy groups -OCH3 is 1. The molecule has 1 unspecified atom stereocenters. The van der Waals surface area contributed by atoms with Crippen LogP contribution in [0.2, 0.25) is 0 Å². The second-order valence-electron chi connectivity index (χ2n) is 10.1. The lowest BCUT2D eigenvalue weighted by Gasteiger charge is -2.35. The fourth-order valence-corrected chi connectivity index (χ4v) is 6.17. The molecule has 1 aromatic heterocycles. The van der Waals surface area contributed by atoms with Crippen molar-refractivity contribution in [3.63, 3.8) is 0 Å². The summed E-state index contributed by atoms with van der Waals surface area (Å²) in [7, 11) is 1.68. The van der Waals surface area contributed by atoms with E-state index in [9.17, 15) is 10.1 Å². The smallest absolute Gasteiger partial charge is 0.239 e. The number of hydrogen-bond acceptors (Lipinski definition) is 6. The second-order valence-corrected chi connectivity index (χ2v) is 11.2.